The van der Waals surface area contributed by atoms with Gasteiger partial charge in [-0.05, 0) is 17.9 Å². The first kappa shape index (κ1) is 15.3. The summed E-state index contributed by atoms with van der Waals surface area (Å²) in [6.07, 6.45) is 3.43. The Morgan fingerprint density at radius 2 is 2.15 bits per heavy atom. The van der Waals surface area contributed by atoms with E-state index in [0.29, 0.717) is 5.15 Å². The van der Waals surface area contributed by atoms with Crippen LogP contribution in [0.2, 0.25) is 5.15 Å². The molecule has 0 spiro atoms. The van der Waals surface area contributed by atoms with Crippen molar-refractivity contribution in [2.75, 3.05) is 11.9 Å². The van der Waals surface area contributed by atoms with E-state index < -0.39 is 0 Å². The summed E-state index contributed by atoms with van der Waals surface area (Å²) in [5, 5.41) is 6.10. The minimum absolute atomic E-state index is 0.0646. The first-order chi connectivity index (χ1) is 9.54. The Bertz CT molecular complexity index is 552. The first-order valence-corrected chi connectivity index (χ1v) is 8.07. The Kier molecular flexibility index (Phi) is 5.00. The molecule has 3 nitrogen and oxygen atoms in total. The molecular weight excluding hydrogens is 290 g/mol. The summed E-state index contributed by atoms with van der Waals surface area (Å²) >= 11 is 7.95. The first-order valence-electron chi connectivity index (χ1n) is 6.82. The summed E-state index contributed by atoms with van der Waals surface area (Å²) in [7, 11) is 0. The minimum atomic E-state index is 0.0646. The van der Waals surface area contributed by atoms with Crippen molar-refractivity contribution in [3.05, 3.63) is 39.4 Å². The van der Waals surface area contributed by atoms with E-state index in [9.17, 15) is 0 Å². The van der Waals surface area contributed by atoms with Gasteiger partial charge in [0.25, 0.3) is 0 Å². The lowest BCUT2D eigenvalue weighted by molar-refractivity contribution is 0.567. The van der Waals surface area contributed by atoms with Crippen LogP contribution in [0.25, 0.3) is 0 Å². The van der Waals surface area contributed by atoms with Gasteiger partial charge in [0.1, 0.15) is 17.3 Å². The second-order valence-corrected chi connectivity index (χ2v) is 6.76. The van der Waals surface area contributed by atoms with Gasteiger partial charge in [-0.25, -0.2) is 9.97 Å². The van der Waals surface area contributed by atoms with Gasteiger partial charge in [0.05, 0.1) is 0 Å². The number of nitrogens with one attached hydrogen (secondary N) is 1. The van der Waals surface area contributed by atoms with Gasteiger partial charge in [-0.1, -0.05) is 44.9 Å². The second kappa shape index (κ2) is 6.55. The van der Waals surface area contributed by atoms with Gasteiger partial charge in [0.2, 0.25) is 0 Å². The van der Waals surface area contributed by atoms with Crippen LogP contribution in [0.15, 0.2) is 23.8 Å². The lowest BCUT2D eigenvalue weighted by Crippen LogP contribution is -2.27. The zero-order valence-electron chi connectivity index (χ0n) is 12.1. The SMILES string of the molecule is CCCc1c(Cl)ncnc1NCC(C)(C)c1cccs1. The average molecular weight is 310 g/mol. The topological polar surface area (TPSA) is 37.8 Å². The molecule has 0 aliphatic carbocycles. The molecule has 0 saturated carbocycles. The van der Waals surface area contributed by atoms with Crippen LogP contribution in [-0.4, -0.2) is 16.5 Å². The lowest BCUT2D eigenvalue weighted by Gasteiger charge is -2.24. The summed E-state index contributed by atoms with van der Waals surface area (Å²) in [5.41, 5.74) is 1.08. The lowest BCUT2D eigenvalue weighted by atomic mass is 9.91. The smallest absolute Gasteiger partial charge is 0.137 e. The molecule has 0 saturated heterocycles. The van der Waals surface area contributed by atoms with Gasteiger partial charge < -0.3 is 5.32 Å². The fourth-order valence-corrected chi connectivity index (χ4v) is 3.15. The third-order valence-electron chi connectivity index (χ3n) is 3.28. The third-order valence-corrected chi connectivity index (χ3v) is 4.84. The zero-order valence-corrected chi connectivity index (χ0v) is 13.7. The van der Waals surface area contributed by atoms with Crippen LogP contribution < -0.4 is 5.32 Å². The highest BCUT2D eigenvalue weighted by molar-refractivity contribution is 7.10. The van der Waals surface area contributed by atoms with Crippen LogP contribution in [0, 0.1) is 0 Å². The summed E-state index contributed by atoms with van der Waals surface area (Å²) in [6.45, 7) is 7.41. The monoisotopic (exact) mass is 309 g/mol. The Labute approximate surface area is 129 Å². The Balaban J connectivity index is 2.13. The van der Waals surface area contributed by atoms with Crippen molar-refractivity contribution in [2.24, 2.45) is 0 Å². The summed E-state index contributed by atoms with van der Waals surface area (Å²) in [5.74, 6) is 0.858. The van der Waals surface area contributed by atoms with E-state index in [1.54, 1.807) is 11.3 Å². The number of aromatic nitrogens is 2. The maximum absolute atomic E-state index is 6.17. The summed E-state index contributed by atoms with van der Waals surface area (Å²) < 4.78 is 0. The summed E-state index contributed by atoms with van der Waals surface area (Å²) in [4.78, 5) is 9.77. The molecule has 108 valence electrons. The average Bonchev–Trinajstić information content (AvgIpc) is 2.94. The van der Waals surface area contributed by atoms with Gasteiger partial charge in [-0.2, -0.15) is 0 Å². The number of hydrogen-bond acceptors (Lipinski definition) is 4. The Morgan fingerprint density at radius 3 is 2.80 bits per heavy atom. The Morgan fingerprint density at radius 1 is 1.35 bits per heavy atom. The highest BCUT2D eigenvalue weighted by atomic mass is 35.5. The molecule has 0 aromatic carbocycles. The highest BCUT2D eigenvalue weighted by Crippen LogP contribution is 2.29. The quantitative estimate of drug-likeness (QED) is 0.796. The van der Waals surface area contributed by atoms with E-state index >= 15 is 0 Å². The molecule has 2 aromatic rings. The largest absolute Gasteiger partial charge is 0.369 e. The van der Waals surface area contributed by atoms with Crippen LogP contribution in [-0.2, 0) is 11.8 Å². The van der Waals surface area contributed by atoms with Crippen LogP contribution in [0.1, 0.15) is 37.6 Å². The van der Waals surface area contributed by atoms with E-state index in [4.69, 9.17) is 11.6 Å². The van der Waals surface area contributed by atoms with Crippen molar-refractivity contribution in [1.29, 1.82) is 0 Å². The molecule has 2 heterocycles. The molecule has 0 radical (unpaired) electrons. The Hall–Kier alpha value is -1.13. The standard InChI is InChI=1S/C15H20ClN3S/c1-4-6-11-13(16)18-10-19-14(11)17-9-15(2,3)12-7-5-8-20-12/h5,7-8,10H,4,6,9H2,1-3H3,(H,17,18,19). The van der Waals surface area contributed by atoms with E-state index in [1.807, 2.05) is 0 Å². The predicted molar refractivity (Wildman–Crippen MR) is 86.9 cm³/mol. The molecule has 0 aliphatic rings. The molecule has 0 unspecified atom stereocenters. The van der Waals surface area contributed by atoms with Crippen LogP contribution in [0.4, 0.5) is 5.82 Å². The van der Waals surface area contributed by atoms with E-state index in [0.717, 1.165) is 30.8 Å². The molecule has 0 fully saturated rings. The van der Waals surface area contributed by atoms with Crippen LogP contribution >= 0.6 is 22.9 Å². The van der Waals surface area contributed by atoms with Crippen molar-refractivity contribution in [1.82, 2.24) is 9.97 Å². The molecule has 0 aliphatic heterocycles. The number of halogens is 1. The number of nitrogens with zero attached hydrogens (tertiary/aromatic N) is 2. The number of anilines is 1. The molecule has 5 heteroatoms. The normalized spacial score (nSPS) is 11.6. The molecule has 0 bridgehead atoms. The highest BCUT2D eigenvalue weighted by Gasteiger charge is 2.22. The molecule has 20 heavy (non-hydrogen) atoms. The van der Waals surface area contributed by atoms with Crippen molar-refractivity contribution < 1.29 is 0 Å². The van der Waals surface area contributed by atoms with E-state index in [2.05, 4.69) is 53.6 Å². The second-order valence-electron chi connectivity index (χ2n) is 5.46. The predicted octanol–water partition coefficient (Wildman–Crippen LogP) is 4.53. The molecule has 0 atom stereocenters. The molecular formula is C15H20ClN3S. The number of hydrogen-bond donors (Lipinski definition) is 1. The van der Waals surface area contributed by atoms with Gasteiger partial charge in [0.15, 0.2) is 0 Å². The van der Waals surface area contributed by atoms with Crippen molar-refractivity contribution in [3.8, 4) is 0 Å². The minimum Gasteiger partial charge on any atom is -0.369 e. The zero-order chi connectivity index (χ0) is 14.6. The fourth-order valence-electron chi connectivity index (χ4n) is 2.07. The third kappa shape index (κ3) is 3.49. The molecule has 0 amide bonds. The summed E-state index contributed by atoms with van der Waals surface area (Å²) in [6, 6.07) is 4.26. The number of rotatable bonds is 6. The number of thiophene rings is 1. The molecule has 1 N–H and O–H groups in total. The maximum atomic E-state index is 6.17. The fraction of sp³-hybridized carbons (Fsp3) is 0.467. The molecule has 2 aromatic heterocycles. The van der Waals surface area contributed by atoms with Gasteiger partial charge >= 0.3 is 0 Å². The van der Waals surface area contributed by atoms with Crippen molar-refractivity contribution in [2.45, 2.75) is 39.0 Å². The van der Waals surface area contributed by atoms with Crippen LogP contribution in [0.5, 0.6) is 0 Å². The van der Waals surface area contributed by atoms with Gasteiger partial charge in [-0.15, -0.1) is 11.3 Å². The van der Waals surface area contributed by atoms with E-state index in [1.165, 1.54) is 11.2 Å². The van der Waals surface area contributed by atoms with Gasteiger partial charge in [0, 0.05) is 22.4 Å². The maximum Gasteiger partial charge on any atom is 0.137 e. The van der Waals surface area contributed by atoms with E-state index in [-0.39, 0.29) is 5.41 Å². The van der Waals surface area contributed by atoms with Crippen molar-refractivity contribution >= 4 is 28.8 Å². The molecule has 2 rings (SSSR count). The van der Waals surface area contributed by atoms with Crippen LogP contribution in [0.3, 0.4) is 0 Å². The van der Waals surface area contributed by atoms with Gasteiger partial charge in [-0.3, -0.25) is 0 Å². The van der Waals surface area contributed by atoms with Crippen molar-refractivity contribution in [3.63, 3.8) is 0 Å².